The summed E-state index contributed by atoms with van der Waals surface area (Å²) in [6.45, 7) is -0.0402. The van der Waals surface area contributed by atoms with Gasteiger partial charge in [-0.05, 0) is 12.8 Å². The zero-order chi connectivity index (χ0) is 15.1. The Morgan fingerprint density at radius 2 is 1.71 bits per heavy atom. The highest BCUT2D eigenvalue weighted by Crippen LogP contribution is 2.30. The average molecular weight is 349 g/mol. The molecule has 0 saturated carbocycles. The van der Waals surface area contributed by atoms with Gasteiger partial charge in [-0.1, -0.05) is 0 Å². The number of sulfonamides is 1. The van der Waals surface area contributed by atoms with Crippen molar-refractivity contribution in [2.75, 3.05) is 13.1 Å². The fraction of sp³-hybridized carbons (Fsp3) is 0.455. The van der Waals surface area contributed by atoms with Crippen molar-refractivity contribution in [1.82, 2.24) is 4.31 Å². The minimum atomic E-state index is -4.68. The first-order chi connectivity index (χ1) is 9.30. The van der Waals surface area contributed by atoms with E-state index in [9.17, 15) is 26.0 Å². The lowest BCUT2D eigenvalue weighted by atomic mass is 10.2. The summed E-state index contributed by atoms with van der Waals surface area (Å²) in [6.07, 6.45) is 0.888. The van der Waals surface area contributed by atoms with Crippen LogP contribution >= 0.6 is 12.4 Å². The number of nitrogens with zero attached hydrogens (tertiary/aromatic N) is 1. The Balaban J connectivity index is 0.00000220. The molecule has 21 heavy (non-hydrogen) atoms. The van der Waals surface area contributed by atoms with E-state index in [1.807, 2.05) is 0 Å². The van der Waals surface area contributed by atoms with Crippen LogP contribution in [0.5, 0.6) is 0 Å². The molecule has 2 N–H and O–H groups in total. The van der Waals surface area contributed by atoms with Gasteiger partial charge in [0.1, 0.15) is 0 Å². The maximum atomic E-state index is 13.6. The molecule has 1 saturated heterocycles. The molecule has 1 atom stereocenters. The van der Waals surface area contributed by atoms with Crippen LogP contribution in [-0.2, 0) is 10.0 Å². The second kappa shape index (κ2) is 6.47. The largest absolute Gasteiger partial charge is 0.329 e. The van der Waals surface area contributed by atoms with Crippen LogP contribution in [0.4, 0.5) is 17.6 Å². The summed E-state index contributed by atoms with van der Waals surface area (Å²) in [7, 11) is -4.68. The van der Waals surface area contributed by atoms with Crippen LogP contribution in [0.2, 0.25) is 0 Å². The molecule has 1 aliphatic rings. The topological polar surface area (TPSA) is 63.4 Å². The standard InChI is InChI=1S/C11H12F4N2O2S.ClH/c12-7-4-8(13)10(15)11(9(7)14)20(18,19)17-3-1-2-6(17)5-16;/h4,6H,1-3,5,16H2;1H. The van der Waals surface area contributed by atoms with E-state index in [0.717, 1.165) is 4.31 Å². The Kier molecular flexibility index (Phi) is 5.59. The first kappa shape index (κ1) is 18.1. The molecule has 10 heteroatoms. The Morgan fingerprint density at radius 1 is 1.19 bits per heavy atom. The normalized spacial score (nSPS) is 19.6. The molecular formula is C11H13ClF4N2O2S. The predicted molar refractivity (Wildman–Crippen MR) is 69.5 cm³/mol. The monoisotopic (exact) mass is 348 g/mol. The highest BCUT2D eigenvalue weighted by Gasteiger charge is 2.39. The van der Waals surface area contributed by atoms with Crippen LogP contribution in [0.1, 0.15) is 12.8 Å². The summed E-state index contributed by atoms with van der Waals surface area (Å²) >= 11 is 0. The van der Waals surface area contributed by atoms with E-state index in [-0.39, 0.29) is 31.6 Å². The fourth-order valence-corrected chi connectivity index (χ4v) is 4.09. The molecule has 4 nitrogen and oxygen atoms in total. The minimum absolute atomic E-state index is 0. The molecule has 1 fully saturated rings. The molecule has 1 aliphatic heterocycles. The van der Waals surface area contributed by atoms with Crippen LogP contribution in [0.25, 0.3) is 0 Å². The van der Waals surface area contributed by atoms with Gasteiger partial charge in [0.15, 0.2) is 28.2 Å². The molecule has 0 aliphatic carbocycles. The summed E-state index contributed by atoms with van der Waals surface area (Å²) in [5.41, 5.74) is 5.39. The maximum Gasteiger partial charge on any atom is 0.249 e. The molecule has 0 spiro atoms. The second-order valence-corrected chi connectivity index (χ2v) is 6.27. The Labute approximate surface area is 125 Å². The molecule has 1 aromatic carbocycles. The van der Waals surface area contributed by atoms with E-state index in [1.165, 1.54) is 0 Å². The molecule has 1 heterocycles. The summed E-state index contributed by atoms with van der Waals surface area (Å²) < 4.78 is 78.7. The highest BCUT2D eigenvalue weighted by molar-refractivity contribution is 7.89. The van der Waals surface area contributed by atoms with Crippen LogP contribution in [-0.4, -0.2) is 31.9 Å². The van der Waals surface area contributed by atoms with Gasteiger partial charge in [-0.2, -0.15) is 4.31 Å². The number of benzene rings is 1. The Bertz CT molecular complexity index is 615. The molecule has 0 aromatic heterocycles. The van der Waals surface area contributed by atoms with Crippen molar-refractivity contribution < 1.29 is 26.0 Å². The van der Waals surface area contributed by atoms with E-state index in [4.69, 9.17) is 5.73 Å². The lowest BCUT2D eigenvalue weighted by molar-refractivity contribution is 0.374. The van der Waals surface area contributed by atoms with E-state index >= 15 is 0 Å². The Hall–Kier alpha value is -0.900. The molecule has 2 rings (SSSR count). The molecular weight excluding hydrogens is 336 g/mol. The maximum absolute atomic E-state index is 13.6. The van der Waals surface area contributed by atoms with E-state index in [2.05, 4.69) is 0 Å². The highest BCUT2D eigenvalue weighted by atomic mass is 35.5. The molecule has 0 bridgehead atoms. The third-order valence-corrected chi connectivity index (χ3v) is 5.21. The van der Waals surface area contributed by atoms with Crippen LogP contribution in [0, 0.1) is 23.3 Å². The zero-order valence-electron chi connectivity index (χ0n) is 10.7. The number of hydrogen-bond acceptors (Lipinski definition) is 3. The molecule has 0 amide bonds. The first-order valence-electron chi connectivity index (χ1n) is 5.85. The summed E-state index contributed by atoms with van der Waals surface area (Å²) in [5.74, 6) is -7.37. The minimum Gasteiger partial charge on any atom is -0.329 e. The lowest BCUT2D eigenvalue weighted by Crippen LogP contribution is -2.40. The van der Waals surface area contributed by atoms with Crippen molar-refractivity contribution in [1.29, 1.82) is 0 Å². The SMILES string of the molecule is Cl.NCC1CCCN1S(=O)(=O)c1c(F)c(F)cc(F)c1F. The van der Waals surface area contributed by atoms with Crippen LogP contribution in [0.3, 0.4) is 0 Å². The van der Waals surface area contributed by atoms with Gasteiger partial charge in [0, 0.05) is 25.2 Å². The van der Waals surface area contributed by atoms with E-state index in [0.29, 0.717) is 12.8 Å². The summed E-state index contributed by atoms with van der Waals surface area (Å²) in [5, 5.41) is 0. The van der Waals surface area contributed by atoms with Crippen LogP contribution < -0.4 is 5.73 Å². The third-order valence-electron chi connectivity index (χ3n) is 3.23. The van der Waals surface area contributed by atoms with Crippen molar-refractivity contribution in [3.8, 4) is 0 Å². The lowest BCUT2D eigenvalue weighted by Gasteiger charge is -2.23. The van der Waals surface area contributed by atoms with Gasteiger partial charge in [-0.15, -0.1) is 12.4 Å². The average Bonchev–Trinajstić information content (AvgIpc) is 2.85. The molecule has 0 radical (unpaired) electrons. The van der Waals surface area contributed by atoms with Gasteiger partial charge in [-0.3, -0.25) is 0 Å². The fourth-order valence-electron chi connectivity index (χ4n) is 2.26. The first-order valence-corrected chi connectivity index (χ1v) is 7.29. The molecule has 1 unspecified atom stereocenters. The Morgan fingerprint density at radius 3 is 2.19 bits per heavy atom. The zero-order valence-corrected chi connectivity index (χ0v) is 12.3. The molecule has 120 valence electrons. The van der Waals surface area contributed by atoms with Gasteiger partial charge in [0.2, 0.25) is 10.0 Å². The third kappa shape index (κ3) is 3.01. The number of rotatable bonds is 3. The number of halogens is 5. The number of nitrogens with two attached hydrogens (primary N) is 1. The van der Waals surface area contributed by atoms with Crippen molar-refractivity contribution in [3.63, 3.8) is 0 Å². The number of hydrogen-bond donors (Lipinski definition) is 1. The van der Waals surface area contributed by atoms with Gasteiger partial charge < -0.3 is 5.73 Å². The van der Waals surface area contributed by atoms with E-state index < -0.39 is 44.2 Å². The van der Waals surface area contributed by atoms with Crippen molar-refractivity contribution in [2.45, 2.75) is 23.8 Å². The van der Waals surface area contributed by atoms with Crippen LogP contribution in [0.15, 0.2) is 11.0 Å². The summed E-state index contributed by atoms with van der Waals surface area (Å²) in [4.78, 5) is -1.60. The van der Waals surface area contributed by atoms with Gasteiger partial charge in [0.25, 0.3) is 0 Å². The van der Waals surface area contributed by atoms with Gasteiger partial charge >= 0.3 is 0 Å². The van der Waals surface area contributed by atoms with E-state index in [1.54, 1.807) is 0 Å². The quantitative estimate of drug-likeness (QED) is 0.669. The smallest absolute Gasteiger partial charge is 0.249 e. The van der Waals surface area contributed by atoms with Crippen molar-refractivity contribution in [3.05, 3.63) is 29.3 Å². The van der Waals surface area contributed by atoms with Gasteiger partial charge in [-0.25, -0.2) is 26.0 Å². The predicted octanol–water partition coefficient (Wildman–Crippen LogP) is 1.78. The second-order valence-electron chi connectivity index (χ2n) is 4.44. The van der Waals surface area contributed by atoms with Gasteiger partial charge in [0.05, 0.1) is 0 Å². The molecule has 1 aromatic rings. The summed E-state index contributed by atoms with van der Waals surface area (Å²) in [6, 6.07) is -0.668. The van der Waals surface area contributed by atoms with Crippen molar-refractivity contribution >= 4 is 22.4 Å². The van der Waals surface area contributed by atoms with Crippen molar-refractivity contribution in [2.24, 2.45) is 5.73 Å².